The van der Waals surface area contributed by atoms with Crippen molar-refractivity contribution >= 4 is 11.4 Å². The van der Waals surface area contributed by atoms with Gasteiger partial charge in [0.2, 0.25) is 0 Å². The van der Waals surface area contributed by atoms with Gasteiger partial charge in [-0.2, -0.15) is 0 Å². The highest BCUT2D eigenvalue weighted by Crippen LogP contribution is 2.23. The summed E-state index contributed by atoms with van der Waals surface area (Å²) in [4.78, 5) is 0. The van der Waals surface area contributed by atoms with Crippen LogP contribution in [0.4, 0.5) is 11.4 Å². The summed E-state index contributed by atoms with van der Waals surface area (Å²) in [6.07, 6.45) is 0.786. The SMILES string of the molecule is COc1ccccc1Cc1ccc(N)c(N)c1. The number of nitrogen functional groups attached to an aromatic ring is 2. The molecule has 0 amide bonds. The predicted octanol–water partition coefficient (Wildman–Crippen LogP) is 2.45. The fourth-order valence-electron chi connectivity index (χ4n) is 1.80. The van der Waals surface area contributed by atoms with E-state index < -0.39 is 0 Å². The van der Waals surface area contributed by atoms with Crippen LogP contribution in [0.1, 0.15) is 11.1 Å². The molecule has 2 rings (SSSR count). The average Bonchev–Trinajstić information content (AvgIpc) is 2.34. The van der Waals surface area contributed by atoms with E-state index in [1.54, 1.807) is 7.11 Å². The molecular weight excluding hydrogens is 212 g/mol. The second-order valence-corrected chi connectivity index (χ2v) is 3.95. The molecule has 3 nitrogen and oxygen atoms in total. The van der Waals surface area contributed by atoms with Gasteiger partial charge in [-0.1, -0.05) is 24.3 Å². The quantitative estimate of drug-likeness (QED) is 0.793. The summed E-state index contributed by atoms with van der Waals surface area (Å²) in [7, 11) is 1.68. The van der Waals surface area contributed by atoms with Gasteiger partial charge in [0.1, 0.15) is 5.75 Å². The maximum Gasteiger partial charge on any atom is 0.122 e. The van der Waals surface area contributed by atoms with Crippen molar-refractivity contribution in [1.29, 1.82) is 0 Å². The van der Waals surface area contributed by atoms with Crippen LogP contribution in [0.25, 0.3) is 0 Å². The van der Waals surface area contributed by atoms with Crippen LogP contribution in [-0.2, 0) is 6.42 Å². The van der Waals surface area contributed by atoms with Crippen LogP contribution in [0.3, 0.4) is 0 Å². The van der Waals surface area contributed by atoms with Crippen LogP contribution in [0, 0.1) is 0 Å². The third kappa shape index (κ3) is 2.50. The van der Waals surface area contributed by atoms with Crippen molar-refractivity contribution in [3.8, 4) is 5.75 Å². The molecule has 0 aliphatic heterocycles. The van der Waals surface area contributed by atoms with Gasteiger partial charge in [0.25, 0.3) is 0 Å². The number of hydrogen-bond acceptors (Lipinski definition) is 3. The lowest BCUT2D eigenvalue weighted by Gasteiger charge is -2.09. The fraction of sp³-hybridized carbons (Fsp3) is 0.143. The van der Waals surface area contributed by atoms with E-state index in [1.807, 2.05) is 42.5 Å². The third-order valence-electron chi connectivity index (χ3n) is 2.74. The minimum Gasteiger partial charge on any atom is -0.496 e. The number of hydrogen-bond donors (Lipinski definition) is 2. The highest BCUT2D eigenvalue weighted by atomic mass is 16.5. The van der Waals surface area contributed by atoms with Gasteiger partial charge in [-0.15, -0.1) is 0 Å². The molecular formula is C14H16N2O. The number of nitrogens with two attached hydrogens (primary N) is 2. The molecule has 88 valence electrons. The summed E-state index contributed by atoms with van der Waals surface area (Å²) in [6.45, 7) is 0. The number of para-hydroxylation sites is 1. The summed E-state index contributed by atoms with van der Waals surface area (Å²) in [5.74, 6) is 0.892. The highest BCUT2D eigenvalue weighted by Gasteiger charge is 2.04. The summed E-state index contributed by atoms with van der Waals surface area (Å²) in [6, 6.07) is 13.7. The van der Waals surface area contributed by atoms with Crippen molar-refractivity contribution in [1.82, 2.24) is 0 Å². The first-order valence-electron chi connectivity index (χ1n) is 5.46. The molecule has 2 aromatic rings. The number of ether oxygens (including phenoxy) is 1. The summed E-state index contributed by atoms with van der Waals surface area (Å²) >= 11 is 0. The highest BCUT2D eigenvalue weighted by molar-refractivity contribution is 5.64. The molecule has 2 aromatic carbocycles. The molecule has 0 aromatic heterocycles. The fourth-order valence-corrected chi connectivity index (χ4v) is 1.80. The number of methoxy groups -OCH3 is 1. The zero-order valence-electron chi connectivity index (χ0n) is 9.81. The van der Waals surface area contributed by atoms with E-state index in [4.69, 9.17) is 16.2 Å². The topological polar surface area (TPSA) is 61.3 Å². The summed E-state index contributed by atoms with van der Waals surface area (Å²) in [5.41, 5.74) is 15.0. The first-order chi connectivity index (χ1) is 8.20. The van der Waals surface area contributed by atoms with Gasteiger partial charge in [-0.3, -0.25) is 0 Å². The van der Waals surface area contributed by atoms with E-state index in [2.05, 4.69) is 0 Å². The van der Waals surface area contributed by atoms with Gasteiger partial charge in [0, 0.05) is 6.42 Å². The molecule has 0 atom stereocenters. The van der Waals surface area contributed by atoms with Crippen molar-refractivity contribution in [3.05, 3.63) is 53.6 Å². The summed E-state index contributed by atoms with van der Waals surface area (Å²) < 4.78 is 5.32. The molecule has 3 heteroatoms. The molecule has 17 heavy (non-hydrogen) atoms. The summed E-state index contributed by atoms with van der Waals surface area (Å²) in [5, 5.41) is 0. The van der Waals surface area contributed by atoms with Gasteiger partial charge >= 0.3 is 0 Å². The maximum absolute atomic E-state index is 5.79. The van der Waals surface area contributed by atoms with E-state index in [-0.39, 0.29) is 0 Å². The normalized spacial score (nSPS) is 10.2. The molecule has 0 spiro atoms. The van der Waals surface area contributed by atoms with Crippen LogP contribution in [-0.4, -0.2) is 7.11 Å². The number of anilines is 2. The van der Waals surface area contributed by atoms with E-state index in [1.165, 1.54) is 0 Å². The van der Waals surface area contributed by atoms with E-state index in [9.17, 15) is 0 Å². The van der Waals surface area contributed by atoms with Crippen LogP contribution in [0.5, 0.6) is 5.75 Å². The molecule has 0 unspecified atom stereocenters. The van der Waals surface area contributed by atoms with Crippen molar-refractivity contribution < 1.29 is 4.74 Å². The molecule has 0 saturated carbocycles. The predicted molar refractivity (Wildman–Crippen MR) is 71.1 cm³/mol. The smallest absolute Gasteiger partial charge is 0.122 e. The Morgan fingerprint density at radius 1 is 1.00 bits per heavy atom. The monoisotopic (exact) mass is 228 g/mol. The average molecular weight is 228 g/mol. The second kappa shape index (κ2) is 4.78. The molecule has 0 aliphatic carbocycles. The van der Waals surface area contributed by atoms with Crippen LogP contribution >= 0.6 is 0 Å². The lowest BCUT2D eigenvalue weighted by molar-refractivity contribution is 0.410. The van der Waals surface area contributed by atoms with Gasteiger partial charge in [0.15, 0.2) is 0 Å². The van der Waals surface area contributed by atoms with Crippen molar-refractivity contribution in [2.24, 2.45) is 0 Å². The van der Waals surface area contributed by atoms with Gasteiger partial charge in [0.05, 0.1) is 18.5 Å². The van der Waals surface area contributed by atoms with E-state index in [0.717, 1.165) is 23.3 Å². The minimum atomic E-state index is 0.619. The van der Waals surface area contributed by atoms with E-state index >= 15 is 0 Å². The lowest BCUT2D eigenvalue weighted by Crippen LogP contribution is -1.98. The number of rotatable bonds is 3. The Hall–Kier alpha value is -2.16. The Balaban J connectivity index is 2.28. The van der Waals surface area contributed by atoms with Crippen molar-refractivity contribution in [3.63, 3.8) is 0 Å². The minimum absolute atomic E-state index is 0.619. The Kier molecular flexibility index (Phi) is 3.19. The van der Waals surface area contributed by atoms with Crippen molar-refractivity contribution in [2.45, 2.75) is 6.42 Å². The first kappa shape index (κ1) is 11.3. The lowest BCUT2D eigenvalue weighted by atomic mass is 10.0. The van der Waals surface area contributed by atoms with Gasteiger partial charge in [-0.25, -0.2) is 0 Å². The largest absolute Gasteiger partial charge is 0.496 e. The van der Waals surface area contributed by atoms with Crippen LogP contribution in [0.15, 0.2) is 42.5 Å². The Morgan fingerprint density at radius 3 is 2.47 bits per heavy atom. The zero-order valence-corrected chi connectivity index (χ0v) is 9.81. The molecule has 0 aliphatic rings. The standard InChI is InChI=1S/C14H16N2O/c1-17-14-5-3-2-4-11(14)8-10-6-7-12(15)13(16)9-10/h2-7,9H,8,15-16H2,1H3. The van der Waals surface area contributed by atoms with Crippen LogP contribution < -0.4 is 16.2 Å². The first-order valence-corrected chi connectivity index (χ1v) is 5.46. The zero-order chi connectivity index (χ0) is 12.3. The molecule has 0 radical (unpaired) electrons. The molecule has 4 N–H and O–H groups in total. The third-order valence-corrected chi connectivity index (χ3v) is 2.74. The maximum atomic E-state index is 5.79. The number of benzene rings is 2. The molecule has 0 fully saturated rings. The molecule has 0 heterocycles. The van der Waals surface area contributed by atoms with Gasteiger partial charge in [-0.05, 0) is 29.3 Å². The Bertz CT molecular complexity index is 523. The second-order valence-electron chi connectivity index (χ2n) is 3.95. The Morgan fingerprint density at radius 2 is 1.76 bits per heavy atom. The van der Waals surface area contributed by atoms with Crippen molar-refractivity contribution in [2.75, 3.05) is 18.6 Å². The molecule has 0 saturated heterocycles. The van der Waals surface area contributed by atoms with Gasteiger partial charge < -0.3 is 16.2 Å². The van der Waals surface area contributed by atoms with E-state index in [0.29, 0.717) is 11.4 Å². The molecule has 0 bridgehead atoms. The Labute approximate surface area is 101 Å². The van der Waals surface area contributed by atoms with Crippen LogP contribution in [0.2, 0.25) is 0 Å².